The molecule has 1 amide bonds. The molecule has 2 aliphatic rings. The van der Waals surface area contributed by atoms with Crippen molar-refractivity contribution in [3.63, 3.8) is 0 Å². The van der Waals surface area contributed by atoms with E-state index in [0.29, 0.717) is 11.4 Å². The molecule has 2 fully saturated rings. The minimum atomic E-state index is -4.57. The van der Waals surface area contributed by atoms with Crippen LogP contribution in [0.1, 0.15) is 45.7 Å². The number of thioether (sulfide) groups is 1. The van der Waals surface area contributed by atoms with E-state index in [-0.39, 0.29) is 39.4 Å². The molecule has 1 aliphatic heterocycles. The zero-order chi connectivity index (χ0) is 21.7. The standard InChI is InChI=1S/C21H24F3N3OS2/c1-19(2)8-13-9-20(3,11-19)12-27(13)17(28)10-30-18-25-14(15-5-4-6-29-15)7-16(26-18)21(22,23)24/h4-7,13H,8-12H2,1-3H3. The Bertz CT molecular complexity index is 945. The van der Waals surface area contributed by atoms with Crippen LogP contribution in [0.3, 0.4) is 0 Å². The predicted octanol–water partition coefficient (Wildman–Crippen LogP) is 5.74. The van der Waals surface area contributed by atoms with Gasteiger partial charge in [-0.25, -0.2) is 9.97 Å². The molecule has 2 aromatic heterocycles. The Morgan fingerprint density at radius 2 is 2.07 bits per heavy atom. The molecule has 4 nitrogen and oxygen atoms in total. The van der Waals surface area contributed by atoms with Crippen molar-refractivity contribution in [1.29, 1.82) is 0 Å². The van der Waals surface area contributed by atoms with Gasteiger partial charge < -0.3 is 4.90 Å². The summed E-state index contributed by atoms with van der Waals surface area (Å²) in [4.78, 5) is 23.5. The molecule has 0 spiro atoms. The second-order valence-corrected chi connectivity index (χ2v) is 11.3. The second-order valence-electron chi connectivity index (χ2n) is 9.42. The molecule has 0 aromatic carbocycles. The first kappa shape index (κ1) is 21.6. The minimum Gasteiger partial charge on any atom is -0.338 e. The number of alkyl halides is 3. The van der Waals surface area contributed by atoms with Gasteiger partial charge in [-0.3, -0.25) is 4.79 Å². The van der Waals surface area contributed by atoms with Crippen molar-refractivity contribution in [2.45, 2.75) is 57.4 Å². The summed E-state index contributed by atoms with van der Waals surface area (Å²) in [5.41, 5.74) is -0.443. The maximum Gasteiger partial charge on any atom is 0.433 e. The third-order valence-electron chi connectivity index (χ3n) is 5.83. The number of hydrogen-bond donors (Lipinski definition) is 0. The molecular formula is C21H24F3N3OS2. The fraction of sp³-hybridized carbons (Fsp3) is 0.571. The van der Waals surface area contributed by atoms with E-state index in [0.717, 1.165) is 37.1 Å². The highest BCUT2D eigenvalue weighted by Gasteiger charge is 2.50. The molecule has 0 N–H and O–H groups in total. The number of nitrogens with zero attached hydrogens (tertiary/aromatic N) is 3. The Balaban J connectivity index is 1.51. The van der Waals surface area contributed by atoms with Gasteiger partial charge in [0, 0.05) is 12.6 Å². The number of likely N-dealkylation sites (tertiary alicyclic amines) is 1. The Kier molecular flexibility index (Phi) is 5.41. The SMILES string of the molecule is CC1(C)CC2CC(C)(CN2C(=O)CSc2nc(-c3cccs3)cc(C(F)(F)F)n2)C1. The topological polar surface area (TPSA) is 46.1 Å². The zero-order valence-corrected chi connectivity index (χ0v) is 18.8. The van der Waals surface area contributed by atoms with Crippen molar-refractivity contribution in [2.24, 2.45) is 10.8 Å². The lowest BCUT2D eigenvalue weighted by molar-refractivity contribution is -0.141. The first-order valence-corrected chi connectivity index (χ1v) is 11.7. The molecule has 162 valence electrons. The van der Waals surface area contributed by atoms with Crippen LogP contribution in [0.15, 0.2) is 28.7 Å². The van der Waals surface area contributed by atoms with Crippen molar-refractivity contribution >= 4 is 29.0 Å². The van der Waals surface area contributed by atoms with E-state index < -0.39 is 11.9 Å². The van der Waals surface area contributed by atoms with Crippen LogP contribution in [0.5, 0.6) is 0 Å². The van der Waals surface area contributed by atoms with Crippen LogP contribution in [0.4, 0.5) is 13.2 Å². The quantitative estimate of drug-likeness (QED) is 0.435. The minimum absolute atomic E-state index is 0.0183. The average Bonchev–Trinajstić information content (AvgIpc) is 3.24. The number of fused-ring (bicyclic) bond motifs is 2. The van der Waals surface area contributed by atoms with Gasteiger partial charge in [0.25, 0.3) is 0 Å². The van der Waals surface area contributed by atoms with Gasteiger partial charge in [0.2, 0.25) is 5.91 Å². The molecule has 1 saturated heterocycles. The Morgan fingerprint density at radius 1 is 1.30 bits per heavy atom. The van der Waals surface area contributed by atoms with Crippen LogP contribution < -0.4 is 0 Å². The van der Waals surface area contributed by atoms with Crippen LogP contribution in [0.25, 0.3) is 10.6 Å². The number of amides is 1. The van der Waals surface area contributed by atoms with Crippen LogP contribution in [-0.4, -0.2) is 39.1 Å². The number of carbonyl (C=O) groups is 1. The molecule has 2 atom stereocenters. The summed E-state index contributed by atoms with van der Waals surface area (Å²) in [6, 6.07) is 4.65. The van der Waals surface area contributed by atoms with Crippen molar-refractivity contribution < 1.29 is 18.0 Å². The van der Waals surface area contributed by atoms with E-state index in [4.69, 9.17) is 0 Å². The van der Waals surface area contributed by atoms with Gasteiger partial charge in [-0.2, -0.15) is 13.2 Å². The summed E-state index contributed by atoms with van der Waals surface area (Å²) < 4.78 is 40.0. The molecule has 2 bridgehead atoms. The molecule has 2 unspecified atom stereocenters. The summed E-state index contributed by atoms with van der Waals surface area (Å²) in [6.45, 7) is 7.42. The molecule has 4 rings (SSSR count). The van der Waals surface area contributed by atoms with E-state index in [1.807, 2.05) is 4.90 Å². The van der Waals surface area contributed by atoms with E-state index in [1.54, 1.807) is 17.5 Å². The van der Waals surface area contributed by atoms with Gasteiger partial charge in [-0.1, -0.05) is 38.6 Å². The Labute approximate surface area is 182 Å². The lowest BCUT2D eigenvalue weighted by Gasteiger charge is -2.39. The van der Waals surface area contributed by atoms with E-state index in [2.05, 4.69) is 30.7 Å². The lowest BCUT2D eigenvalue weighted by Crippen LogP contribution is -2.38. The molecule has 30 heavy (non-hydrogen) atoms. The number of thiophene rings is 1. The Hall–Kier alpha value is -1.61. The fourth-order valence-electron chi connectivity index (χ4n) is 5.15. The highest BCUT2D eigenvalue weighted by atomic mass is 32.2. The maximum absolute atomic E-state index is 13.3. The van der Waals surface area contributed by atoms with E-state index >= 15 is 0 Å². The molecule has 0 radical (unpaired) electrons. The van der Waals surface area contributed by atoms with Gasteiger partial charge in [-0.05, 0) is 47.6 Å². The largest absolute Gasteiger partial charge is 0.433 e. The molecule has 1 aliphatic carbocycles. The van der Waals surface area contributed by atoms with Gasteiger partial charge in [-0.15, -0.1) is 11.3 Å². The third-order valence-corrected chi connectivity index (χ3v) is 7.55. The van der Waals surface area contributed by atoms with Crippen molar-refractivity contribution in [2.75, 3.05) is 12.3 Å². The van der Waals surface area contributed by atoms with Crippen molar-refractivity contribution in [3.8, 4) is 10.6 Å². The van der Waals surface area contributed by atoms with Gasteiger partial charge in [0.05, 0.1) is 16.3 Å². The normalized spacial score (nSPS) is 25.5. The average molecular weight is 456 g/mol. The maximum atomic E-state index is 13.3. The predicted molar refractivity (Wildman–Crippen MR) is 112 cm³/mol. The van der Waals surface area contributed by atoms with Crippen LogP contribution in [-0.2, 0) is 11.0 Å². The zero-order valence-electron chi connectivity index (χ0n) is 17.1. The molecule has 2 aromatic rings. The van der Waals surface area contributed by atoms with Crippen LogP contribution >= 0.6 is 23.1 Å². The number of rotatable bonds is 4. The summed E-state index contributed by atoms with van der Waals surface area (Å²) in [5, 5.41) is 1.77. The molecule has 1 saturated carbocycles. The summed E-state index contributed by atoms with van der Waals surface area (Å²) in [7, 11) is 0. The highest BCUT2D eigenvalue weighted by molar-refractivity contribution is 7.99. The fourth-order valence-corrected chi connectivity index (χ4v) is 6.58. The highest BCUT2D eigenvalue weighted by Crippen LogP contribution is 2.52. The lowest BCUT2D eigenvalue weighted by atomic mass is 9.65. The summed E-state index contributed by atoms with van der Waals surface area (Å²) >= 11 is 2.30. The van der Waals surface area contributed by atoms with Crippen molar-refractivity contribution in [1.82, 2.24) is 14.9 Å². The molecule has 3 heterocycles. The van der Waals surface area contributed by atoms with Crippen molar-refractivity contribution in [3.05, 3.63) is 29.3 Å². The first-order chi connectivity index (χ1) is 13.9. The second kappa shape index (κ2) is 7.51. The summed E-state index contributed by atoms with van der Waals surface area (Å²) in [5.74, 6) is -0.0109. The van der Waals surface area contributed by atoms with E-state index in [9.17, 15) is 18.0 Å². The number of carbonyl (C=O) groups excluding carboxylic acids is 1. The smallest absolute Gasteiger partial charge is 0.338 e. The first-order valence-electron chi connectivity index (χ1n) is 9.87. The third kappa shape index (κ3) is 4.51. The molecular weight excluding hydrogens is 431 g/mol. The molecule has 9 heteroatoms. The number of halogens is 3. The van der Waals surface area contributed by atoms with Crippen LogP contribution in [0, 0.1) is 10.8 Å². The van der Waals surface area contributed by atoms with Gasteiger partial charge in [0.1, 0.15) is 5.69 Å². The monoisotopic (exact) mass is 455 g/mol. The summed E-state index contributed by atoms with van der Waals surface area (Å²) in [6.07, 6.45) is -1.54. The van der Waals surface area contributed by atoms with Gasteiger partial charge in [0.15, 0.2) is 5.16 Å². The number of hydrogen-bond acceptors (Lipinski definition) is 5. The van der Waals surface area contributed by atoms with E-state index in [1.165, 1.54) is 11.3 Å². The Morgan fingerprint density at radius 3 is 2.73 bits per heavy atom. The van der Waals surface area contributed by atoms with Crippen LogP contribution in [0.2, 0.25) is 0 Å². The van der Waals surface area contributed by atoms with Gasteiger partial charge >= 0.3 is 6.18 Å². The number of aromatic nitrogens is 2.